The number of nitrogens with one attached hydrogen (secondary N) is 1. The fourth-order valence-corrected chi connectivity index (χ4v) is 13.7. The summed E-state index contributed by atoms with van der Waals surface area (Å²) < 4.78 is 14.9. The Morgan fingerprint density at radius 3 is 2.38 bits per heavy atom. The number of allylic oxidation sites excluding steroid dienone is 3. The smallest absolute Gasteiger partial charge is 0.338 e. The van der Waals surface area contributed by atoms with Gasteiger partial charge in [-0.05, 0) is 160 Å². The molecule has 264 valence electrons. The number of halogens is 1. The topological polar surface area (TPSA) is 69.6 Å². The van der Waals surface area contributed by atoms with E-state index in [2.05, 4.69) is 78.5 Å². The standard InChI is InChI=1S/C42H61FN2O3/c1-10-42-22-21-41(37(48)44-23-24-45(8)9)20-15-28(26(2)3)35(41)31(42)13-14-34-39(6)18-16-30(27-11-12-29(36(46)47)32(43)25-27)38(4,5)33(39)17-19-40(34,42)7/h11-12,16,25,28,31,33-35H,2,10,13-15,17-24H2,1,3-9H3,(H,44,48)(H,46,47). The van der Waals surface area contributed by atoms with Crippen LogP contribution in [0.25, 0.3) is 5.57 Å². The second kappa shape index (κ2) is 12.1. The number of carbonyl (C=O) groups excluding carboxylic acids is 1. The van der Waals surface area contributed by atoms with Crippen molar-refractivity contribution in [1.29, 1.82) is 0 Å². The number of hydrogen-bond donors (Lipinski definition) is 2. The largest absolute Gasteiger partial charge is 0.478 e. The predicted octanol–water partition coefficient (Wildman–Crippen LogP) is 9.24. The van der Waals surface area contributed by atoms with Gasteiger partial charge < -0.3 is 15.3 Å². The van der Waals surface area contributed by atoms with Crippen molar-refractivity contribution in [1.82, 2.24) is 10.2 Å². The van der Waals surface area contributed by atoms with E-state index in [0.717, 1.165) is 62.6 Å². The highest BCUT2D eigenvalue weighted by molar-refractivity contribution is 5.88. The zero-order valence-electron chi connectivity index (χ0n) is 31.0. The first kappa shape index (κ1) is 35.4. The summed E-state index contributed by atoms with van der Waals surface area (Å²) in [6.45, 7) is 20.6. The zero-order valence-corrected chi connectivity index (χ0v) is 31.0. The first-order valence-electron chi connectivity index (χ1n) is 18.8. The molecule has 0 aliphatic heterocycles. The Labute approximate surface area is 289 Å². The first-order valence-corrected chi connectivity index (χ1v) is 18.8. The number of amides is 1. The average molecular weight is 661 g/mol. The summed E-state index contributed by atoms with van der Waals surface area (Å²) in [6, 6.07) is 4.67. The van der Waals surface area contributed by atoms with Gasteiger partial charge in [0.1, 0.15) is 5.82 Å². The second-order valence-corrected chi connectivity index (χ2v) is 18.0. The van der Waals surface area contributed by atoms with E-state index in [1.54, 1.807) is 6.07 Å². The fraction of sp³-hybridized carbons (Fsp3) is 0.714. The van der Waals surface area contributed by atoms with Crippen molar-refractivity contribution >= 4 is 17.4 Å². The van der Waals surface area contributed by atoms with E-state index in [-0.39, 0.29) is 32.6 Å². The Kier molecular flexibility index (Phi) is 8.91. The van der Waals surface area contributed by atoms with Gasteiger partial charge in [0.05, 0.1) is 11.0 Å². The molecule has 9 atom stereocenters. The predicted molar refractivity (Wildman–Crippen MR) is 192 cm³/mol. The lowest BCUT2D eigenvalue weighted by molar-refractivity contribution is -0.233. The summed E-state index contributed by atoms with van der Waals surface area (Å²) in [5, 5.41) is 12.8. The number of likely N-dealkylation sites (N-methyl/N-ethyl adjacent to an activating group) is 1. The van der Waals surface area contributed by atoms with Gasteiger partial charge in [0.15, 0.2) is 0 Å². The zero-order chi connectivity index (χ0) is 35.0. The van der Waals surface area contributed by atoms with Gasteiger partial charge in [0.25, 0.3) is 0 Å². The van der Waals surface area contributed by atoms with Crippen molar-refractivity contribution in [3.05, 3.63) is 53.4 Å². The van der Waals surface area contributed by atoms with Crippen molar-refractivity contribution in [3.63, 3.8) is 0 Å². The third-order valence-electron chi connectivity index (χ3n) is 15.7. The van der Waals surface area contributed by atoms with Crippen LogP contribution in [0.2, 0.25) is 0 Å². The molecule has 4 fully saturated rings. The van der Waals surface area contributed by atoms with Gasteiger partial charge in [-0.15, -0.1) is 0 Å². The molecule has 2 N–H and O–H groups in total. The summed E-state index contributed by atoms with van der Waals surface area (Å²) in [5.74, 6) is 0.677. The van der Waals surface area contributed by atoms with Crippen LogP contribution < -0.4 is 5.32 Å². The number of nitrogens with zero attached hydrogens (tertiary/aromatic N) is 1. The van der Waals surface area contributed by atoms with Crippen LogP contribution in [0.3, 0.4) is 0 Å². The van der Waals surface area contributed by atoms with Crippen LogP contribution >= 0.6 is 0 Å². The summed E-state index contributed by atoms with van der Waals surface area (Å²) in [6.07, 6.45) is 13.3. The third kappa shape index (κ3) is 4.92. The van der Waals surface area contributed by atoms with Crippen LogP contribution in [0.1, 0.15) is 122 Å². The van der Waals surface area contributed by atoms with Gasteiger partial charge in [-0.2, -0.15) is 0 Å². The van der Waals surface area contributed by atoms with Crippen LogP contribution in [0.15, 0.2) is 36.4 Å². The van der Waals surface area contributed by atoms with E-state index in [9.17, 15) is 19.1 Å². The molecule has 5 nitrogen and oxygen atoms in total. The Morgan fingerprint density at radius 2 is 1.75 bits per heavy atom. The number of carboxylic acid groups (broad SMARTS) is 1. The summed E-state index contributed by atoms with van der Waals surface area (Å²) >= 11 is 0. The van der Waals surface area contributed by atoms with Gasteiger partial charge in [-0.1, -0.05) is 58.9 Å². The van der Waals surface area contributed by atoms with Crippen molar-refractivity contribution in [2.75, 3.05) is 27.2 Å². The molecule has 0 bridgehead atoms. The molecular weight excluding hydrogens is 599 g/mol. The minimum absolute atomic E-state index is 0.105. The molecular formula is C42H61FN2O3. The Morgan fingerprint density at radius 1 is 1.02 bits per heavy atom. The van der Waals surface area contributed by atoms with Crippen LogP contribution in [-0.2, 0) is 4.79 Å². The fourth-order valence-electron chi connectivity index (χ4n) is 13.7. The molecule has 0 aromatic heterocycles. The number of carbonyl (C=O) groups is 2. The van der Waals surface area contributed by atoms with E-state index in [4.69, 9.17) is 0 Å². The van der Waals surface area contributed by atoms with Crippen LogP contribution in [0, 0.1) is 62.5 Å². The third-order valence-corrected chi connectivity index (χ3v) is 15.7. The van der Waals surface area contributed by atoms with Gasteiger partial charge in [0, 0.05) is 13.1 Å². The van der Waals surface area contributed by atoms with Gasteiger partial charge >= 0.3 is 5.97 Å². The number of rotatable bonds is 8. The normalized spacial score (nSPS) is 39.8. The summed E-state index contributed by atoms with van der Waals surface area (Å²) in [5.41, 5.74) is 2.95. The molecule has 5 aliphatic rings. The highest BCUT2D eigenvalue weighted by atomic mass is 19.1. The molecule has 6 rings (SSSR count). The molecule has 9 unspecified atom stereocenters. The lowest BCUT2D eigenvalue weighted by atomic mass is 9.31. The Balaban J connectivity index is 1.36. The van der Waals surface area contributed by atoms with Gasteiger partial charge in [-0.25, -0.2) is 9.18 Å². The first-order chi connectivity index (χ1) is 22.5. The molecule has 1 amide bonds. The maximum atomic E-state index is 14.9. The van der Waals surface area contributed by atoms with Gasteiger partial charge in [-0.3, -0.25) is 4.79 Å². The molecule has 4 saturated carbocycles. The molecule has 1 aromatic rings. The second-order valence-electron chi connectivity index (χ2n) is 18.0. The molecule has 1 aromatic carbocycles. The molecule has 0 spiro atoms. The monoisotopic (exact) mass is 660 g/mol. The number of benzene rings is 1. The van der Waals surface area contributed by atoms with Gasteiger partial charge in [0.2, 0.25) is 5.91 Å². The van der Waals surface area contributed by atoms with E-state index in [1.165, 1.54) is 37.0 Å². The molecule has 5 aliphatic carbocycles. The van der Waals surface area contributed by atoms with Crippen molar-refractivity contribution in [2.24, 2.45) is 56.7 Å². The Bertz CT molecular complexity index is 1510. The number of fused-ring (bicyclic) bond motifs is 7. The lowest BCUT2D eigenvalue weighted by Gasteiger charge is -2.73. The van der Waals surface area contributed by atoms with E-state index in [0.29, 0.717) is 42.0 Å². The Hall–Kier alpha value is -2.47. The number of aromatic carboxylic acids is 1. The average Bonchev–Trinajstić information content (AvgIpc) is 3.41. The van der Waals surface area contributed by atoms with E-state index < -0.39 is 11.8 Å². The minimum atomic E-state index is -1.23. The quantitative estimate of drug-likeness (QED) is 0.273. The highest BCUT2D eigenvalue weighted by Gasteiger charge is 2.72. The summed E-state index contributed by atoms with van der Waals surface area (Å²) in [7, 11) is 4.12. The number of carboxylic acids is 1. The minimum Gasteiger partial charge on any atom is -0.478 e. The number of hydrogen-bond acceptors (Lipinski definition) is 3. The van der Waals surface area contributed by atoms with Crippen molar-refractivity contribution in [2.45, 2.75) is 106 Å². The van der Waals surface area contributed by atoms with E-state index in [1.807, 2.05) is 0 Å². The molecule has 6 heteroatoms. The molecule has 48 heavy (non-hydrogen) atoms. The highest BCUT2D eigenvalue weighted by Crippen LogP contribution is 2.78. The molecule has 0 radical (unpaired) electrons. The van der Waals surface area contributed by atoms with E-state index >= 15 is 0 Å². The maximum Gasteiger partial charge on any atom is 0.338 e. The molecule has 0 saturated heterocycles. The van der Waals surface area contributed by atoms with Crippen molar-refractivity contribution < 1.29 is 19.1 Å². The van der Waals surface area contributed by atoms with Crippen LogP contribution in [0.4, 0.5) is 4.39 Å². The lowest BCUT2D eigenvalue weighted by Crippen LogP contribution is -2.67. The summed E-state index contributed by atoms with van der Waals surface area (Å²) in [4.78, 5) is 28.0. The van der Waals surface area contributed by atoms with Crippen LogP contribution in [-0.4, -0.2) is 49.1 Å². The molecule has 0 heterocycles. The SMILES string of the molecule is C=C(C)C1CCC2(C(=O)NCCN(C)C)CCC3(CC)C(CCC4C5(C)CC=C(c6ccc(C(=O)O)c(F)c6)C(C)(C)C5CCC43C)C12. The van der Waals surface area contributed by atoms with Crippen molar-refractivity contribution in [3.8, 4) is 0 Å². The maximum absolute atomic E-state index is 14.9. The van der Waals surface area contributed by atoms with Crippen LogP contribution in [0.5, 0.6) is 0 Å².